The van der Waals surface area contributed by atoms with Crippen molar-refractivity contribution in [1.29, 1.82) is 5.26 Å². The van der Waals surface area contributed by atoms with Gasteiger partial charge in [-0.05, 0) is 42.5 Å². The number of nitrogens with one attached hydrogen (secondary N) is 1. The van der Waals surface area contributed by atoms with Gasteiger partial charge in [0.25, 0.3) is 10.0 Å². The van der Waals surface area contributed by atoms with Gasteiger partial charge in [0.2, 0.25) is 0 Å². The molecule has 14 heteroatoms. The van der Waals surface area contributed by atoms with E-state index in [-0.39, 0.29) is 33.3 Å². The molecule has 0 spiro atoms. The summed E-state index contributed by atoms with van der Waals surface area (Å²) < 4.78 is 78.2. The molecule has 0 amide bonds. The number of nitrogens with two attached hydrogens (primary N) is 1. The minimum absolute atomic E-state index is 0.0740. The quantitative estimate of drug-likeness (QED) is 0.318. The van der Waals surface area contributed by atoms with Crippen molar-refractivity contribution in [1.82, 2.24) is 0 Å². The lowest BCUT2D eigenvalue weighted by atomic mass is 10.1. The third kappa shape index (κ3) is 6.35. The lowest BCUT2D eigenvalue weighted by Gasteiger charge is -2.15. The molecule has 0 bridgehead atoms. The van der Waals surface area contributed by atoms with E-state index in [9.17, 15) is 30.8 Å². The fourth-order valence-corrected chi connectivity index (χ4v) is 4.11. The van der Waals surface area contributed by atoms with E-state index < -0.39 is 34.0 Å². The van der Waals surface area contributed by atoms with Gasteiger partial charge in [-0.15, -0.1) is 0 Å². The van der Waals surface area contributed by atoms with Crippen LogP contribution in [0.2, 0.25) is 0 Å². The molecule has 0 unspecified atom stereocenters. The Bertz CT molecular complexity index is 1270. The van der Waals surface area contributed by atoms with Crippen molar-refractivity contribution in [3.63, 3.8) is 0 Å². The summed E-state index contributed by atoms with van der Waals surface area (Å²) in [7, 11) is -2.94. The zero-order valence-corrected chi connectivity index (χ0v) is 18.1. The summed E-state index contributed by atoms with van der Waals surface area (Å²) in [5.74, 6) is -4.18. The molecule has 34 heavy (non-hydrogen) atoms. The number of alkyl halides is 3. The van der Waals surface area contributed by atoms with Crippen LogP contribution in [0.4, 0.5) is 28.9 Å². The van der Waals surface area contributed by atoms with Crippen LogP contribution in [0, 0.1) is 17.1 Å². The zero-order valence-electron chi connectivity index (χ0n) is 17.3. The number of aliphatic carboxylic acids is 1. The summed E-state index contributed by atoms with van der Waals surface area (Å²) in [6.45, 7) is 0. The van der Waals surface area contributed by atoms with Gasteiger partial charge in [0, 0.05) is 6.07 Å². The first-order valence-electron chi connectivity index (χ1n) is 9.25. The molecule has 1 aliphatic carbocycles. The van der Waals surface area contributed by atoms with Crippen LogP contribution in [0.25, 0.3) is 0 Å². The molecule has 1 aliphatic rings. The van der Waals surface area contributed by atoms with E-state index >= 15 is 0 Å². The normalized spacial score (nSPS) is 13.2. The molecule has 0 aromatic heterocycles. The second-order valence-corrected chi connectivity index (χ2v) is 8.61. The number of hydrogen-bond acceptors (Lipinski definition) is 7. The molecule has 0 radical (unpaired) electrons. The van der Waals surface area contributed by atoms with E-state index in [1.807, 2.05) is 0 Å². The van der Waals surface area contributed by atoms with Crippen LogP contribution in [0.15, 0.2) is 35.2 Å². The first kappa shape index (κ1) is 26.4. The smallest absolute Gasteiger partial charge is 0.475 e. The number of methoxy groups -OCH3 is 1. The van der Waals surface area contributed by atoms with Gasteiger partial charge in [0.05, 0.1) is 34.5 Å². The molecule has 182 valence electrons. The predicted octanol–water partition coefficient (Wildman–Crippen LogP) is 3.38. The standard InChI is InChI=1S/C18H16FN3O4S.C2HF3O2/c1-26-18(23)11-4-5-13(10-2-3-10)17(7-11)27(24,25)22-16-6-12(9-20)14(19)8-15(16)21;3-2(4,5)1(6)7/h4-8,10,22H,2-3,21H2,1H3;(H,6,7). The third-order valence-corrected chi connectivity index (χ3v) is 5.91. The maximum absolute atomic E-state index is 13.6. The van der Waals surface area contributed by atoms with E-state index in [1.165, 1.54) is 19.2 Å². The van der Waals surface area contributed by atoms with Gasteiger partial charge in [-0.2, -0.15) is 18.4 Å². The van der Waals surface area contributed by atoms with Crippen molar-refractivity contribution in [3.05, 3.63) is 52.8 Å². The highest BCUT2D eigenvalue weighted by Crippen LogP contribution is 2.43. The number of carboxylic acids is 1. The first-order chi connectivity index (χ1) is 15.7. The number of anilines is 2. The molecule has 9 nitrogen and oxygen atoms in total. The topological polar surface area (TPSA) is 160 Å². The number of nitrogens with zero attached hydrogens (tertiary/aromatic N) is 1. The second-order valence-electron chi connectivity index (χ2n) is 6.96. The van der Waals surface area contributed by atoms with Crippen molar-refractivity contribution >= 4 is 33.3 Å². The average Bonchev–Trinajstić information content (AvgIpc) is 3.59. The van der Waals surface area contributed by atoms with E-state index in [0.717, 1.165) is 25.0 Å². The third-order valence-electron chi connectivity index (χ3n) is 4.49. The molecular formula is C20H17F4N3O6S. The number of benzene rings is 2. The summed E-state index contributed by atoms with van der Waals surface area (Å²) in [4.78, 5) is 20.6. The summed E-state index contributed by atoms with van der Waals surface area (Å²) in [6.07, 6.45) is -3.39. The lowest BCUT2D eigenvalue weighted by molar-refractivity contribution is -0.192. The van der Waals surface area contributed by atoms with Crippen molar-refractivity contribution in [2.45, 2.75) is 29.8 Å². The van der Waals surface area contributed by atoms with Gasteiger partial charge in [-0.3, -0.25) is 4.72 Å². The molecule has 0 atom stereocenters. The Balaban J connectivity index is 0.000000509. The lowest BCUT2D eigenvalue weighted by Crippen LogP contribution is -2.21. The van der Waals surface area contributed by atoms with Crippen LogP contribution in [0.5, 0.6) is 0 Å². The average molecular weight is 503 g/mol. The van der Waals surface area contributed by atoms with Gasteiger partial charge in [-0.25, -0.2) is 22.4 Å². The van der Waals surface area contributed by atoms with E-state index in [0.29, 0.717) is 5.56 Å². The fourth-order valence-electron chi connectivity index (χ4n) is 2.71. The van der Waals surface area contributed by atoms with Crippen molar-refractivity contribution < 1.29 is 45.4 Å². The Kier molecular flexibility index (Phi) is 7.73. The van der Waals surface area contributed by atoms with Crippen LogP contribution < -0.4 is 10.5 Å². The number of halogens is 4. The number of carbonyl (C=O) groups is 2. The maximum Gasteiger partial charge on any atom is 0.490 e. The van der Waals surface area contributed by atoms with Gasteiger partial charge < -0.3 is 15.6 Å². The number of rotatable bonds is 5. The van der Waals surface area contributed by atoms with Crippen molar-refractivity contribution in [3.8, 4) is 6.07 Å². The number of ether oxygens (including phenoxy) is 1. The Morgan fingerprint density at radius 3 is 2.29 bits per heavy atom. The zero-order chi connectivity index (χ0) is 25.8. The van der Waals surface area contributed by atoms with Crippen LogP contribution in [-0.4, -0.2) is 38.7 Å². The summed E-state index contributed by atoms with van der Waals surface area (Å²) in [6, 6.07) is 7.89. The Hall–Kier alpha value is -3.86. The minimum atomic E-state index is -5.08. The summed E-state index contributed by atoms with van der Waals surface area (Å²) in [5, 5.41) is 16.1. The van der Waals surface area contributed by atoms with Crippen molar-refractivity contribution in [2.75, 3.05) is 17.6 Å². The van der Waals surface area contributed by atoms with Crippen molar-refractivity contribution in [2.24, 2.45) is 0 Å². The molecule has 0 heterocycles. The van der Waals surface area contributed by atoms with Crippen LogP contribution in [-0.2, 0) is 19.6 Å². The highest BCUT2D eigenvalue weighted by Gasteiger charge is 2.38. The molecule has 2 aromatic carbocycles. The summed E-state index contributed by atoms with van der Waals surface area (Å²) in [5.41, 5.74) is 5.75. The first-order valence-corrected chi connectivity index (χ1v) is 10.7. The molecule has 1 saturated carbocycles. The molecule has 0 saturated heterocycles. The number of sulfonamides is 1. The van der Waals surface area contributed by atoms with Gasteiger partial charge in [0.15, 0.2) is 0 Å². The van der Waals surface area contributed by atoms with Crippen LogP contribution in [0.3, 0.4) is 0 Å². The molecular weight excluding hydrogens is 486 g/mol. The van der Waals surface area contributed by atoms with Gasteiger partial charge in [0.1, 0.15) is 11.9 Å². The summed E-state index contributed by atoms with van der Waals surface area (Å²) >= 11 is 0. The predicted molar refractivity (Wildman–Crippen MR) is 110 cm³/mol. The highest BCUT2D eigenvalue weighted by atomic mass is 32.2. The van der Waals surface area contributed by atoms with Crippen LogP contribution >= 0.6 is 0 Å². The SMILES string of the molecule is COC(=O)c1ccc(C2CC2)c(S(=O)(=O)Nc2cc(C#N)c(F)cc2N)c1.O=C(O)C(F)(F)F. The number of hydrogen-bond donors (Lipinski definition) is 3. The molecule has 1 fully saturated rings. The number of nitriles is 1. The Morgan fingerprint density at radius 2 is 1.82 bits per heavy atom. The highest BCUT2D eigenvalue weighted by molar-refractivity contribution is 7.92. The largest absolute Gasteiger partial charge is 0.490 e. The molecule has 2 aromatic rings. The van der Waals surface area contributed by atoms with Gasteiger partial charge >= 0.3 is 18.1 Å². The number of esters is 1. The van der Waals surface area contributed by atoms with E-state index in [4.69, 9.17) is 20.9 Å². The molecule has 4 N–H and O–H groups in total. The van der Waals surface area contributed by atoms with E-state index in [2.05, 4.69) is 9.46 Å². The second kappa shape index (κ2) is 9.96. The number of carboxylic acid groups (broad SMARTS) is 1. The van der Waals surface area contributed by atoms with Gasteiger partial charge in [-0.1, -0.05) is 6.07 Å². The minimum Gasteiger partial charge on any atom is -0.475 e. The Labute approximate surface area is 190 Å². The molecule has 0 aliphatic heterocycles. The molecule has 3 rings (SSSR count). The Morgan fingerprint density at radius 1 is 1.24 bits per heavy atom. The number of nitrogen functional groups attached to an aromatic ring is 1. The number of carbonyl (C=O) groups excluding carboxylic acids is 1. The fraction of sp³-hybridized carbons (Fsp3) is 0.250. The maximum atomic E-state index is 13.6. The van der Waals surface area contributed by atoms with E-state index in [1.54, 1.807) is 12.1 Å². The van der Waals surface area contributed by atoms with Crippen LogP contribution in [0.1, 0.15) is 40.2 Å². The monoisotopic (exact) mass is 503 g/mol.